The van der Waals surface area contributed by atoms with Crippen molar-refractivity contribution in [1.82, 2.24) is 14.7 Å². The van der Waals surface area contributed by atoms with Gasteiger partial charge in [0.05, 0.1) is 11.2 Å². The molecule has 24 heavy (non-hydrogen) atoms. The van der Waals surface area contributed by atoms with E-state index in [1.54, 1.807) is 6.20 Å². The van der Waals surface area contributed by atoms with E-state index in [9.17, 15) is 4.39 Å². The number of unbranched alkanes of at least 4 members (excludes halogenated alkanes) is 1. The minimum atomic E-state index is -0.176. The van der Waals surface area contributed by atoms with Crippen molar-refractivity contribution in [2.24, 2.45) is 0 Å². The Morgan fingerprint density at radius 2 is 1.88 bits per heavy atom. The summed E-state index contributed by atoms with van der Waals surface area (Å²) in [6.45, 7) is 4.05. The molecule has 0 aliphatic carbocycles. The van der Waals surface area contributed by atoms with Crippen LogP contribution >= 0.6 is 24.0 Å². The lowest BCUT2D eigenvalue weighted by Crippen LogP contribution is -2.29. The average Bonchev–Trinajstić information content (AvgIpc) is 2.98. The quantitative estimate of drug-likeness (QED) is 0.690. The van der Waals surface area contributed by atoms with Crippen molar-refractivity contribution in [2.45, 2.75) is 25.8 Å². The summed E-state index contributed by atoms with van der Waals surface area (Å²) in [6, 6.07) is 6.80. The van der Waals surface area contributed by atoms with Crippen molar-refractivity contribution in [3.8, 4) is 0 Å². The van der Waals surface area contributed by atoms with E-state index in [4.69, 9.17) is 11.6 Å². The zero-order chi connectivity index (χ0) is 16.1. The van der Waals surface area contributed by atoms with Gasteiger partial charge in [-0.25, -0.2) is 4.39 Å². The zero-order valence-electron chi connectivity index (χ0n) is 13.5. The summed E-state index contributed by atoms with van der Waals surface area (Å²) in [5, 5.41) is 4.88. The van der Waals surface area contributed by atoms with Gasteiger partial charge in [-0.15, -0.1) is 12.4 Å². The molecule has 6 heteroatoms. The topological polar surface area (TPSA) is 21.1 Å². The molecule has 0 N–H and O–H groups in total. The molecule has 0 saturated heterocycles. The van der Waals surface area contributed by atoms with Crippen LogP contribution in [0.1, 0.15) is 24.8 Å². The van der Waals surface area contributed by atoms with E-state index in [-0.39, 0.29) is 18.2 Å². The third-order valence-electron chi connectivity index (χ3n) is 4.22. The predicted molar refractivity (Wildman–Crippen MR) is 99.2 cm³/mol. The highest BCUT2D eigenvalue weighted by molar-refractivity contribution is 6.30. The lowest BCUT2D eigenvalue weighted by molar-refractivity contribution is 0.291. The molecule has 0 radical (unpaired) electrons. The maximum atomic E-state index is 13.0. The third kappa shape index (κ3) is 5.33. The van der Waals surface area contributed by atoms with Crippen molar-refractivity contribution in [2.75, 3.05) is 19.6 Å². The largest absolute Gasteiger partial charge is 0.299 e. The van der Waals surface area contributed by atoms with Crippen molar-refractivity contribution < 1.29 is 4.39 Å². The third-order valence-corrected chi connectivity index (χ3v) is 4.42. The number of nitrogens with zero attached hydrogens (tertiary/aromatic N) is 3. The Kier molecular flexibility index (Phi) is 7.28. The summed E-state index contributed by atoms with van der Waals surface area (Å²) in [7, 11) is 0. The molecule has 0 bridgehead atoms. The lowest BCUT2D eigenvalue weighted by Gasteiger charge is -2.26. The molecule has 1 aliphatic heterocycles. The minimum Gasteiger partial charge on any atom is -0.299 e. The van der Waals surface area contributed by atoms with Gasteiger partial charge in [0.15, 0.2) is 0 Å². The van der Waals surface area contributed by atoms with Gasteiger partial charge in [0, 0.05) is 25.8 Å². The van der Waals surface area contributed by atoms with E-state index in [1.807, 2.05) is 23.0 Å². The fraction of sp³-hybridized carbons (Fsp3) is 0.389. The molecule has 0 amide bonds. The highest BCUT2D eigenvalue weighted by atomic mass is 35.5. The fourth-order valence-corrected chi connectivity index (χ4v) is 3.07. The molecule has 1 aromatic heterocycles. The summed E-state index contributed by atoms with van der Waals surface area (Å²) < 4.78 is 14.9. The first-order valence-electron chi connectivity index (χ1n) is 8.06. The molecule has 1 aromatic carbocycles. The number of halogens is 3. The molecule has 0 spiro atoms. The van der Waals surface area contributed by atoms with E-state index in [0.717, 1.165) is 51.0 Å². The van der Waals surface area contributed by atoms with Gasteiger partial charge in [0.2, 0.25) is 0 Å². The maximum Gasteiger partial charge on any atom is 0.123 e. The first-order chi connectivity index (χ1) is 11.2. The summed E-state index contributed by atoms with van der Waals surface area (Å²) in [5.74, 6) is -0.176. The van der Waals surface area contributed by atoms with Crippen LogP contribution in [-0.4, -0.2) is 34.3 Å². The summed E-state index contributed by atoms with van der Waals surface area (Å²) >= 11 is 5.85. The molecule has 0 saturated carbocycles. The highest BCUT2D eigenvalue weighted by Gasteiger charge is 2.12. The van der Waals surface area contributed by atoms with Gasteiger partial charge in [-0.2, -0.15) is 5.10 Å². The molecule has 0 unspecified atom stereocenters. The Hall–Kier alpha value is -1.36. The Morgan fingerprint density at radius 1 is 1.12 bits per heavy atom. The Labute approximate surface area is 153 Å². The monoisotopic (exact) mass is 369 g/mol. The molecule has 0 fully saturated rings. The van der Waals surface area contributed by atoms with Crippen LogP contribution in [0.2, 0.25) is 5.02 Å². The molecular formula is C18H22Cl2FN3. The van der Waals surface area contributed by atoms with Crippen molar-refractivity contribution in [3.63, 3.8) is 0 Å². The second kappa shape index (κ2) is 9.21. The Morgan fingerprint density at radius 3 is 2.50 bits per heavy atom. The van der Waals surface area contributed by atoms with E-state index < -0.39 is 0 Å². The SMILES string of the molecule is Cl.Fc1ccc(C2=CCN(CCCCn3cc(Cl)cn3)CC2)cc1. The van der Waals surface area contributed by atoms with Crippen molar-refractivity contribution in [1.29, 1.82) is 0 Å². The number of rotatable bonds is 6. The van der Waals surface area contributed by atoms with Gasteiger partial charge in [0.25, 0.3) is 0 Å². The zero-order valence-corrected chi connectivity index (χ0v) is 15.1. The predicted octanol–water partition coefficient (Wildman–Crippen LogP) is 4.67. The number of benzene rings is 1. The summed E-state index contributed by atoms with van der Waals surface area (Å²) in [4.78, 5) is 2.46. The molecule has 2 heterocycles. The van der Waals surface area contributed by atoms with Crippen LogP contribution in [0.3, 0.4) is 0 Å². The molecular weight excluding hydrogens is 348 g/mol. The Balaban J connectivity index is 0.00000208. The molecule has 130 valence electrons. The van der Waals surface area contributed by atoms with Crippen molar-refractivity contribution >= 4 is 29.6 Å². The van der Waals surface area contributed by atoms with Gasteiger partial charge in [-0.3, -0.25) is 9.58 Å². The Bertz CT molecular complexity index is 667. The number of hydrogen-bond donors (Lipinski definition) is 0. The minimum absolute atomic E-state index is 0. The lowest BCUT2D eigenvalue weighted by atomic mass is 9.99. The smallest absolute Gasteiger partial charge is 0.123 e. The van der Waals surface area contributed by atoms with Crippen LogP contribution in [0.5, 0.6) is 0 Å². The van der Waals surface area contributed by atoms with Gasteiger partial charge >= 0.3 is 0 Å². The molecule has 1 aliphatic rings. The van der Waals surface area contributed by atoms with E-state index in [0.29, 0.717) is 5.02 Å². The van der Waals surface area contributed by atoms with Crippen LogP contribution in [0, 0.1) is 5.82 Å². The molecule has 0 atom stereocenters. The number of aromatic nitrogens is 2. The standard InChI is InChI=1S/C18H21ClFN3.ClH/c19-17-13-21-23(14-17)10-2-1-9-22-11-7-16(8-12-22)15-3-5-18(20)6-4-15;/h3-7,13-14H,1-2,8-12H2;1H. The van der Waals surface area contributed by atoms with Crippen molar-refractivity contribution in [3.05, 3.63) is 59.1 Å². The number of hydrogen-bond acceptors (Lipinski definition) is 2. The van der Waals surface area contributed by atoms with Crippen LogP contribution in [0.25, 0.3) is 5.57 Å². The van der Waals surface area contributed by atoms with Crippen LogP contribution < -0.4 is 0 Å². The van der Waals surface area contributed by atoms with Gasteiger partial charge in [-0.1, -0.05) is 29.8 Å². The summed E-state index contributed by atoms with van der Waals surface area (Å²) in [5.41, 5.74) is 2.47. The second-order valence-electron chi connectivity index (χ2n) is 5.92. The first kappa shape index (κ1) is 19.0. The molecule has 3 rings (SSSR count). The first-order valence-corrected chi connectivity index (χ1v) is 8.44. The number of aryl methyl sites for hydroxylation is 1. The normalized spacial score (nSPS) is 15.0. The van der Waals surface area contributed by atoms with Gasteiger partial charge in [-0.05, 0) is 49.1 Å². The highest BCUT2D eigenvalue weighted by Crippen LogP contribution is 2.22. The van der Waals surface area contributed by atoms with Crippen LogP contribution in [-0.2, 0) is 6.54 Å². The average molecular weight is 370 g/mol. The van der Waals surface area contributed by atoms with Gasteiger partial charge < -0.3 is 0 Å². The van der Waals surface area contributed by atoms with E-state index in [2.05, 4.69) is 16.1 Å². The van der Waals surface area contributed by atoms with E-state index >= 15 is 0 Å². The molecule has 3 nitrogen and oxygen atoms in total. The maximum absolute atomic E-state index is 13.0. The van der Waals surface area contributed by atoms with Gasteiger partial charge in [0.1, 0.15) is 5.82 Å². The van der Waals surface area contributed by atoms with Crippen LogP contribution in [0.15, 0.2) is 42.7 Å². The summed E-state index contributed by atoms with van der Waals surface area (Å²) in [6.07, 6.45) is 9.08. The molecule has 2 aromatic rings. The second-order valence-corrected chi connectivity index (χ2v) is 6.35. The fourth-order valence-electron chi connectivity index (χ4n) is 2.91. The van der Waals surface area contributed by atoms with Crippen LogP contribution in [0.4, 0.5) is 4.39 Å². The van der Waals surface area contributed by atoms with E-state index in [1.165, 1.54) is 17.7 Å².